The first-order valence-electron chi connectivity index (χ1n) is 39.8. The highest BCUT2D eigenvalue weighted by atomic mass is 31.2. The lowest BCUT2D eigenvalue weighted by atomic mass is 9.85. The molecule has 40 heteroatoms. The molecule has 1 fully saturated rings. The van der Waals surface area contributed by atoms with Crippen LogP contribution in [-0.2, 0) is 79.3 Å². The summed E-state index contributed by atoms with van der Waals surface area (Å²) in [5.41, 5.74) is 10.4. The third kappa shape index (κ3) is 38.7. The maximum atomic E-state index is 14.8. The third-order valence-electron chi connectivity index (χ3n) is 19.3. The molecule has 0 aliphatic carbocycles. The fourth-order valence-corrected chi connectivity index (χ4v) is 13.9. The quantitative estimate of drug-likeness (QED) is 0.0195. The van der Waals surface area contributed by atoms with Gasteiger partial charge >= 0.3 is 33.6 Å². The fourth-order valence-electron chi connectivity index (χ4n) is 13.1. The Labute approximate surface area is 697 Å². The number of carbonyl (C=O) groups excluding carboxylic acids is 6. The number of amides is 5. The highest BCUT2D eigenvalue weighted by Gasteiger charge is 2.34. The van der Waals surface area contributed by atoms with Gasteiger partial charge in [0, 0.05) is 128 Å². The average molecular weight is 1720 g/mol. The normalized spacial score (nSPS) is 15.0. The largest absolute Gasteiger partial charge is 0.524 e. The van der Waals surface area contributed by atoms with E-state index in [-0.39, 0.29) is 127 Å². The van der Waals surface area contributed by atoms with Crippen molar-refractivity contribution in [3.8, 4) is 39.8 Å². The summed E-state index contributed by atoms with van der Waals surface area (Å²) < 4.78 is 55.8. The lowest BCUT2D eigenvalue weighted by molar-refractivity contribution is -0.140. The molecule has 4 aromatic carbocycles. The van der Waals surface area contributed by atoms with Crippen molar-refractivity contribution >= 4 is 74.7 Å². The van der Waals surface area contributed by atoms with E-state index >= 15 is 0 Å². The number of phosphoric ester groups is 2. The Balaban J connectivity index is 0.796. The lowest BCUT2D eigenvalue weighted by Crippen LogP contribution is -2.57. The number of hydrazine groups is 2. The highest BCUT2D eigenvalue weighted by molar-refractivity contribution is 7.47. The van der Waals surface area contributed by atoms with E-state index in [4.69, 9.17) is 23.9 Å². The van der Waals surface area contributed by atoms with Crippen molar-refractivity contribution in [2.24, 2.45) is 10.5 Å². The van der Waals surface area contributed by atoms with Crippen molar-refractivity contribution in [3.63, 3.8) is 0 Å². The Kier molecular flexibility index (Phi) is 41.3. The van der Waals surface area contributed by atoms with Crippen LogP contribution in [0.5, 0.6) is 17.4 Å². The zero-order valence-corrected chi connectivity index (χ0v) is 69.7. The molecule has 658 valence electrons. The first-order chi connectivity index (χ1) is 57.3. The number of benzene rings is 4. The molecule has 14 N–H and O–H groups in total. The molecule has 0 saturated carbocycles. The van der Waals surface area contributed by atoms with E-state index in [0.717, 1.165) is 53.9 Å². The van der Waals surface area contributed by atoms with Gasteiger partial charge < -0.3 is 69.9 Å². The Morgan fingerprint density at radius 2 is 0.942 bits per heavy atom. The summed E-state index contributed by atoms with van der Waals surface area (Å²) in [6.07, 6.45) is 4.44. The molecule has 0 spiro atoms. The molecule has 120 heavy (non-hydrogen) atoms. The summed E-state index contributed by atoms with van der Waals surface area (Å²) in [4.78, 5) is 167. The van der Waals surface area contributed by atoms with E-state index in [1.54, 1.807) is 19.6 Å². The fraction of sp³-hybridized carbons (Fsp3) is 0.512. The molecule has 0 bridgehead atoms. The molecule has 3 atom stereocenters. The number of pyridine rings is 1. The Hall–Kier alpha value is -9.89. The van der Waals surface area contributed by atoms with E-state index in [1.165, 1.54) is 55.5 Å². The predicted molar refractivity (Wildman–Crippen MR) is 440 cm³/mol. The van der Waals surface area contributed by atoms with E-state index in [1.807, 2.05) is 59.6 Å². The number of hydrazone groups is 1. The standard InChI is InChI=1S/C80H114N14O24P2/c1-58(95)66(29-30-71(97)82-33-15-44-114-47-49-115-48-46-113-43-14-32-81-70(96)20-10-12-34-94-79(87-88-89-94)80(2,3)31-11-13-45-116-73-53-63(61-16-6-4-7-17-61)52-67(84-73)62-18-8-5-9-19-62)85-78(106)69(51-60-23-27-65(28-24-60)118-120(110,111)112)86-77(105)68(50-59-21-25-64(26-22-59)117-119(107,108)109)83-72(98)54-90-35-37-91(55-74(99)100)39-41-93(57-76(103)104)42-40-92(38-36-90)56-75(101)102/h4-9,16-19,21-28,52-53,66,68-69,88-89H,10-15,20,29-51,54-57H2,1-3H3,(H,81,96)(H,82,97)(H,83,98)(H,85,106)(H,86,105)(H,99,100)(H,101,102)(H,103,104)(H2,107,108,109)(H2,110,111,112)/t66-,68+,69+/m0/s1. The zero-order valence-electron chi connectivity index (χ0n) is 67.9. The number of ketones is 1. The number of aromatic nitrogens is 1. The number of carbonyl (C=O) groups is 9. The molecule has 2 aliphatic rings. The number of nitrogens with zero attached hydrogens (tertiary/aromatic N) is 7. The minimum absolute atomic E-state index is 0.0266. The van der Waals surface area contributed by atoms with Gasteiger partial charge in [-0.3, -0.25) is 87.3 Å². The number of carboxylic acids is 3. The van der Waals surface area contributed by atoms with Gasteiger partial charge in [-0.05, 0) is 111 Å². The molecule has 7 rings (SSSR count). The van der Waals surface area contributed by atoms with E-state index in [2.05, 4.69) is 83.8 Å². The van der Waals surface area contributed by atoms with Crippen molar-refractivity contribution in [2.75, 3.05) is 144 Å². The van der Waals surface area contributed by atoms with Crippen molar-refractivity contribution in [2.45, 2.75) is 116 Å². The first kappa shape index (κ1) is 97.2. The summed E-state index contributed by atoms with van der Waals surface area (Å²) in [7, 11) is -10.0. The molecule has 1 aromatic heterocycles. The van der Waals surface area contributed by atoms with Crippen LogP contribution in [0.15, 0.2) is 126 Å². The summed E-state index contributed by atoms with van der Waals surface area (Å²) in [6.45, 7) is 8.15. The molecule has 0 radical (unpaired) electrons. The second-order valence-electron chi connectivity index (χ2n) is 29.6. The number of amidine groups is 1. The molecular formula is C80H114N14O24P2. The number of ether oxygens (including phenoxy) is 4. The second kappa shape index (κ2) is 51.0. The van der Waals surface area contributed by atoms with Crippen LogP contribution in [0.3, 0.4) is 0 Å². The number of hydrogen-bond acceptors (Lipinski definition) is 26. The summed E-state index contributed by atoms with van der Waals surface area (Å²) in [6, 6.07) is 30.1. The van der Waals surface area contributed by atoms with Crippen molar-refractivity contribution in [1.29, 1.82) is 0 Å². The van der Waals surface area contributed by atoms with Gasteiger partial charge in [0.25, 0.3) is 0 Å². The average Bonchev–Trinajstić information content (AvgIpc) is 1.22. The summed E-state index contributed by atoms with van der Waals surface area (Å²) in [5.74, 6) is -6.22. The molecule has 1 saturated heterocycles. The molecular weight excluding hydrogens is 1600 g/mol. The minimum atomic E-state index is -5.01. The van der Waals surface area contributed by atoms with Gasteiger partial charge in [-0.1, -0.05) is 98.8 Å². The molecule has 0 unspecified atom stereocenters. The van der Waals surface area contributed by atoms with Gasteiger partial charge in [0.1, 0.15) is 29.4 Å². The SMILES string of the molecule is CC(=O)[C@H](CCC(=O)NCCCOCCOCCOCCCNC(=O)CCCCN1NNN=C1C(C)(C)CCCCOc1cc(-c2ccccc2)cc(-c2ccccc2)n1)NC(=O)[C@@H](Cc1ccc(OP(=O)(O)O)cc1)NC(=O)[C@@H](Cc1ccc(OP(=O)(O)O)cc1)NC(=O)CN1CCN(CC(=O)O)CCN(CC(=O)O)CCN(CC(=O)O)CC1. The number of carboxylic acid groups (broad SMARTS) is 3. The Morgan fingerprint density at radius 3 is 1.42 bits per heavy atom. The van der Waals surface area contributed by atoms with Crippen LogP contribution in [0.2, 0.25) is 0 Å². The molecule has 3 heterocycles. The highest BCUT2D eigenvalue weighted by Crippen LogP contribution is 2.39. The van der Waals surface area contributed by atoms with Crippen LogP contribution in [0.4, 0.5) is 0 Å². The molecule has 5 aromatic rings. The van der Waals surface area contributed by atoms with Gasteiger partial charge in [0.05, 0.1) is 70.9 Å². The predicted octanol–water partition coefficient (Wildman–Crippen LogP) is 3.59. The first-order valence-corrected chi connectivity index (χ1v) is 42.9. The number of phosphoric acid groups is 2. The van der Waals surface area contributed by atoms with Crippen molar-refractivity contribution in [1.82, 2.24) is 67.2 Å². The number of nitrogens with one attached hydrogen (secondary N) is 7. The second-order valence-corrected chi connectivity index (χ2v) is 31.9. The minimum Gasteiger partial charge on any atom is -0.480 e. The van der Waals surface area contributed by atoms with E-state index in [9.17, 15) is 87.2 Å². The smallest absolute Gasteiger partial charge is 0.480 e. The van der Waals surface area contributed by atoms with Crippen LogP contribution < -0.4 is 51.4 Å². The van der Waals surface area contributed by atoms with Crippen LogP contribution in [0.1, 0.15) is 96.1 Å². The van der Waals surface area contributed by atoms with Gasteiger partial charge in [0.15, 0.2) is 5.78 Å². The maximum absolute atomic E-state index is 14.8. The van der Waals surface area contributed by atoms with E-state index in [0.29, 0.717) is 82.2 Å². The van der Waals surface area contributed by atoms with Gasteiger partial charge in [-0.15, -0.1) is 10.6 Å². The topological polar surface area (TPSA) is 510 Å². The Morgan fingerprint density at radius 1 is 0.492 bits per heavy atom. The lowest BCUT2D eigenvalue weighted by Gasteiger charge is -2.33. The number of rotatable bonds is 53. The monoisotopic (exact) mass is 1720 g/mol. The Bertz CT molecular complexity index is 4120. The van der Waals surface area contributed by atoms with Crippen molar-refractivity contribution < 1.29 is 115 Å². The summed E-state index contributed by atoms with van der Waals surface area (Å²) in [5, 5.41) is 49.3. The van der Waals surface area contributed by atoms with Gasteiger partial charge in [0.2, 0.25) is 35.4 Å². The van der Waals surface area contributed by atoms with Crippen LogP contribution >= 0.6 is 15.6 Å². The van der Waals surface area contributed by atoms with Gasteiger partial charge in [-0.25, -0.2) is 19.6 Å². The van der Waals surface area contributed by atoms with Crippen LogP contribution in [0.25, 0.3) is 22.4 Å². The zero-order chi connectivity index (χ0) is 86.9. The van der Waals surface area contributed by atoms with E-state index < -0.39 is 107 Å². The molecule has 2 aliphatic heterocycles. The van der Waals surface area contributed by atoms with Crippen LogP contribution in [-0.4, -0.2) is 286 Å². The molecule has 5 amide bonds. The maximum Gasteiger partial charge on any atom is 0.524 e. The van der Waals surface area contributed by atoms with Crippen LogP contribution in [0, 0.1) is 5.41 Å². The van der Waals surface area contributed by atoms with Gasteiger partial charge in [-0.2, -0.15) is 0 Å². The number of aliphatic carboxylic acids is 3. The number of hydrogen-bond donors (Lipinski definition) is 14. The third-order valence-corrected chi connectivity index (χ3v) is 20.2. The number of unbranched alkanes of at least 4 members (excludes halogenated alkanes) is 2. The summed E-state index contributed by atoms with van der Waals surface area (Å²) >= 11 is 0. The molecule has 38 nitrogen and oxygen atoms in total. The van der Waals surface area contributed by atoms with Crippen molar-refractivity contribution in [3.05, 3.63) is 132 Å². The number of Topliss-reactive ketones (excluding diaryl/α,β-unsaturated/α-hetero) is 1.